The molecule has 0 aliphatic rings. The predicted octanol–water partition coefficient (Wildman–Crippen LogP) is 1.09. The Morgan fingerprint density at radius 2 is 1.62 bits per heavy atom. The number of nitrogens with two attached hydrogens (primary N) is 1. The summed E-state index contributed by atoms with van der Waals surface area (Å²) in [5.74, 6) is -0.0184. The first-order chi connectivity index (χ1) is 7.31. The van der Waals surface area contributed by atoms with Gasteiger partial charge in [-0.2, -0.15) is 0 Å². The molecule has 1 amide bonds. The summed E-state index contributed by atoms with van der Waals surface area (Å²) in [6, 6.07) is -0.965. The zero-order valence-corrected chi connectivity index (χ0v) is 10.9. The monoisotopic (exact) mass is 228 g/mol. The van der Waals surface area contributed by atoms with Crippen LogP contribution in [0.2, 0.25) is 0 Å². The Balaban J connectivity index is 4.53. The first-order valence-electron chi connectivity index (χ1n) is 5.89. The van der Waals surface area contributed by atoms with Crippen LogP contribution in [-0.2, 0) is 9.59 Å². The largest absolute Gasteiger partial charge is 0.345 e. The number of rotatable bonds is 6. The summed E-state index contributed by atoms with van der Waals surface area (Å²) in [6.07, 6.45) is 0.431. The number of ketones is 1. The van der Waals surface area contributed by atoms with Crippen LogP contribution in [0.1, 0.15) is 41.0 Å². The van der Waals surface area contributed by atoms with Crippen LogP contribution < -0.4 is 11.1 Å². The third-order valence-corrected chi connectivity index (χ3v) is 2.68. The topological polar surface area (TPSA) is 72.2 Å². The maximum Gasteiger partial charge on any atom is 0.237 e. The van der Waals surface area contributed by atoms with E-state index in [9.17, 15) is 9.59 Å². The van der Waals surface area contributed by atoms with E-state index in [0.29, 0.717) is 6.42 Å². The summed E-state index contributed by atoms with van der Waals surface area (Å²) < 4.78 is 0. The van der Waals surface area contributed by atoms with Crippen LogP contribution in [-0.4, -0.2) is 23.8 Å². The molecule has 0 radical (unpaired) electrons. The summed E-state index contributed by atoms with van der Waals surface area (Å²) in [5, 5.41) is 2.73. The lowest BCUT2D eigenvalue weighted by Crippen LogP contribution is -2.52. The van der Waals surface area contributed by atoms with Crippen molar-refractivity contribution in [1.29, 1.82) is 0 Å². The molecule has 4 heteroatoms. The third kappa shape index (κ3) is 4.31. The molecule has 0 aromatic rings. The first kappa shape index (κ1) is 15.1. The van der Waals surface area contributed by atoms with Gasteiger partial charge in [0, 0.05) is 6.42 Å². The first-order valence-corrected chi connectivity index (χ1v) is 5.89. The maximum absolute atomic E-state index is 11.7. The average Bonchev–Trinajstić information content (AvgIpc) is 2.22. The minimum Gasteiger partial charge on any atom is -0.345 e. The van der Waals surface area contributed by atoms with Crippen molar-refractivity contribution in [3.8, 4) is 0 Å². The zero-order valence-electron chi connectivity index (χ0n) is 10.9. The Morgan fingerprint density at radius 3 is 1.94 bits per heavy atom. The van der Waals surface area contributed by atoms with Crippen molar-refractivity contribution < 1.29 is 9.59 Å². The molecule has 0 bridgehead atoms. The van der Waals surface area contributed by atoms with Crippen LogP contribution in [0.4, 0.5) is 0 Å². The normalized spacial score (nSPS) is 15.0. The Hall–Kier alpha value is -0.900. The third-order valence-electron chi connectivity index (χ3n) is 2.68. The van der Waals surface area contributed by atoms with Crippen LogP contribution in [0.3, 0.4) is 0 Å². The van der Waals surface area contributed by atoms with Crippen LogP contribution >= 0.6 is 0 Å². The van der Waals surface area contributed by atoms with Gasteiger partial charge in [-0.05, 0) is 11.8 Å². The smallest absolute Gasteiger partial charge is 0.237 e. The number of carbonyl (C=O) groups is 2. The van der Waals surface area contributed by atoms with Gasteiger partial charge in [0.1, 0.15) is 0 Å². The fourth-order valence-electron chi connectivity index (χ4n) is 1.39. The Morgan fingerprint density at radius 1 is 1.12 bits per heavy atom. The lowest BCUT2D eigenvalue weighted by molar-refractivity contribution is -0.129. The van der Waals surface area contributed by atoms with Crippen molar-refractivity contribution >= 4 is 11.7 Å². The molecular weight excluding hydrogens is 204 g/mol. The lowest BCUT2D eigenvalue weighted by atomic mass is 9.97. The van der Waals surface area contributed by atoms with E-state index < -0.39 is 12.1 Å². The molecule has 0 unspecified atom stereocenters. The van der Waals surface area contributed by atoms with E-state index in [2.05, 4.69) is 5.32 Å². The van der Waals surface area contributed by atoms with E-state index in [-0.39, 0.29) is 23.5 Å². The standard InChI is InChI=1S/C12H24N2O2/c1-6-9(15)11(8(4)5)14-12(16)10(13)7(2)3/h7-8,10-11H,6,13H2,1-5H3,(H,14,16)/t10-,11+/m1/s1. The molecule has 16 heavy (non-hydrogen) atoms. The summed E-state index contributed by atoms with van der Waals surface area (Å²) in [5.41, 5.74) is 5.73. The summed E-state index contributed by atoms with van der Waals surface area (Å²) in [6.45, 7) is 9.40. The second-order valence-electron chi connectivity index (χ2n) is 4.82. The molecule has 4 nitrogen and oxygen atoms in total. The average molecular weight is 228 g/mol. The van der Waals surface area contributed by atoms with Gasteiger partial charge in [-0.15, -0.1) is 0 Å². The molecule has 0 aliphatic heterocycles. The van der Waals surface area contributed by atoms with Crippen molar-refractivity contribution in [2.45, 2.75) is 53.1 Å². The molecule has 0 fully saturated rings. The highest BCUT2D eigenvalue weighted by Crippen LogP contribution is 2.07. The summed E-state index contributed by atoms with van der Waals surface area (Å²) in [4.78, 5) is 23.4. The summed E-state index contributed by atoms with van der Waals surface area (Å²) >= 11 is 0. The van der Waals surface area contributed by atoms with Gasteiger partial charge < -0.3 is 11.1 Å². The second kappa shape index (κ2) is 6.63. The zero-order chi connectivity index (χ0) is 12.9. The molecule has 0 heterocycles. The molecular formula is C12H24N2O2. The highest BCUT2D eigenvalue weighted by molar-refractivity contribution is 5.90. The molecule has 3 N–H and O–H groups in total. The fourth-order valence-corrected chi connectivity index (χ4v) is 1.39. The molecule has 94 valence electrons. The number of hydrogen-bond donors (Lipinski definition) is 2. The molecule has 0 spiro atoms. The lowest BCUT2D eigenvalue weighted by Gasteiger charge is -2.23. The van der Waals surface area contributed by atoms with Gasteiger partial charge >= 0.3 is 0 Å². The molecule has 0 aromatic carbocycles. The van der Waals surface area contributed by atoms with E-state index in [1.807, 2.05) is 27.7 Å². The number of hydrogen-bond acceptors (Lipinski definition) is 3. The van der Waals surface area contributed by atoms with Crippen molar-refractivity contribution in [3.05, 3.63) is 0 Å². The fraction of sp³-hybridized carbons (Fsp3) is 0.833. The minimum atomic E-state index is -0.550. The predicted molar refractivity (Wildman–Crippen MR) is 64.9 cm³/mol. The van der Waals surface area contributed by atoms with E-state index in [1.54, 1.807) is 6.92 Å². The van der Waals surface area contributed by atoms with Gasteiger partial charge in [0.05, 0.1) is 12.1 Å². The van der Waals surface area contributed by atoms with Gasteiger partial charge in [-0.25, -0.2) is 0 Å². The van der Waals surface area contributed by atoms with Gasteiger partial charge in [-0.1, -0.05) is 34.6 Å². The van der Waals surface area contributed by atoms with Crippen molar-refractivity contribution in [2.24, 2.45) is 17.6 Å². The highest BCUT2D eigenvalue weighted by atomic mass is 16.2. The van der Waals surface area contributed by atoms with E-state index in [4.69, 9.17) is 5.73 Å². The number of Topliss-reactive ketones (excluding diaryl/α,β-unsaturated/α-hetero) is 1. The Labute approximate surface area is 98.0 Å². The minimum absolute atomic E-state index is 0.0549. The van der Waals surface area contributed by atoms with Crippen LogP contribution in [0.25, 0.3) is 0 Å². The van der Waals surface area contributed by atoms with Crippen molar-refractivity contribution in [3.63, 3.8) is 0 Å². The van der Waals surface area contributed by atoms with Gasteiger partial charge in [0.25, 0.3) is 0 Å². The van der Waals surface area contributed by atoms with E-state index in [1.165, 1.54) is 0 Å². The van der Waals surface area contributed by atoms with Gasteiger partial charge in [0.2, 0.25) is 5.91 Å². The van der Waals surface area contributed by atoms with Gasteiger partial charge in [-0.3, -0.25) is 9.59 Å². The molecule has 0 saturated heterocycles. The number of carbonyl (C=O) groups excluding carboxylic acids is 2. The van der Waals surface area contributed by atoms with Crippen LogP contribution in [0, 0.1) is 11.8 Å². The van der Waals surface area contributed by atoms with Crippen LogP contribution in [0.15, 0.2) is 0 Å². The van der Waals surface area contributed by atoms with E-state index >= 15 is 0 Å². The van der Waals surface area contributed by atoms with Crippen molar-refractivity contribution in [2.75, 3.05) is 0 Å². The molecule has 0 aromatic heterocycles. The van der Waals surface area contributed by atoms with E-state index in [0.717, 1.165) is 0 Å². The highest BCUT2D eigenvalue weighted by Gasteiger charge is 2.26. The quantitative estimate of drug-likeness (QED) is 0.714. The van der Waals surface area contributed by atoms with Crippen molar-refractivity contribution in [1.82, 2.24) is 5.32 Å². The van der Waals surface area contributed by atoms with Crippen LogP contribution in [0.5, 0.6) is 0 Å². The van der Waals surface area contributed by atoms with Gasteiger partial charge in [0.15, 0.2) is 5.78 Å². The number of nitrogens with one attached hydrogen (secondary N) is 1. The molecule has 0 saturated carbocycles. The summed E-state index contributed by atoms with van der Waals surface area (Å²) in [7, 11) is 0. The Bertz CT molecular complexity index is 249. The molecule has 0 rings (SSSR count). The SMILES string of the molecule is CCC(=O)[C@@H](NC(=O)[C@H](N)C(C)C)C(C)C. The second-order valence-corrected chi connectivity index (χ2v) is 4.82. The Kier molecular flexibility index (Phi) is 6.26. The number of amides is 1. The maximum atomic E-state index is 11.7. The molecule has 0 aliphatic carbocycles. The molecule has 2 atom stereocenters.